The molecule has 96 valence electrons. The standard InChI is InChI=1S/C15H17BrOS/c1-10(2)11-3-5-12(6-4-11)15(17)8-14-7-13(16)9-18-14/h3-7,9-10,15,17H,8H2,1-2H3. The van der Waals surface area contributed by atoms with Gasteiger partial charge in [0.25, 0.3) is 0 Å². The zero-order valence-corrected chi connectivity index (χ0v) is 13.0. The fraction of sp³-hybridized carbons (Fsp3) is 0.333. The lowest BCUT2D eigenvalue weighted by atomic mass is 9.99. The number of aliphatic hydroxyl groups is 1. The Labute approximate surface area is 121 Å². The van der Waals surface area contributed by atoms with Crippen LogP contribution in [-0.2, 0) is 6.42 Å². The summed E-state index contributed by atoms with van der Waals surface area (Å²) in [4.78, 5) is 1.20. The van der Waals surface area contributed by atoms with Crippen LogP contribution in [0, 0.1) is 0 Å². The molecule has 1 atom stereocenters. The van der Waals surface area contributed by atoms with Gasteiger partial charge in [0.05, 0.1) is 6.10 Å². The molecule has 0 bridgehead atoms. The quantitative estimate of drug-likeness (QED) is 0.847. The summed E-state index contributed by atoms with van der Waals surface area (Å²) in [6, 6.07) is 10.3. The largest absolute Gasteiger partial charge is 0.388 e. The van der Waals surface area contributed by atoms with Gasteiger partial charge in [-0.15, -0.1) is 11.3 Å². The van der Waals surface area contributed by atoms with Crippen molar-refractivity contribution in [3.8, 4) is 0 Å². The van der Waals surface area contributed by atoms with Crippen molar-refractivity contribution >= 4 is 27.3 Å². The molecule has 3 heteroatoms. The highest BCUT2D eigenvalue weighted by Crippen LogP contribution is 2.26. The summed E-state index contributed by atoms with van der Waals surface area (Å²) in [6.07, 6.45) is 0.258. The Morgan fingerprint density at radius 3 is 2.28 bits per heavy atom. The van der Waals surface area contributed by atoms with E-state index in [9.17, 15) is 5.11 Å². The van der Waals surface area contributed by atoms with Crippen molar-refractivity contribution in [2.75, 3.05) is 0 Å². The van der Waals surface area contributed by atoms with Gasteiger partial charge in [-0.25, -0.2) is 0 Å². The zero-order chi connectivity index (χ0) is 13.1. The summed E-state index contributed by atoms with van der Waals surface area (Å²) < 4.78 is 1.09. The van der Waals surface area contributed by atoms with Crippen LogP contribution in [-0.4, -0.2) is 5.11 Å². The molecule has 0 amide bonds. The van der Waals surface area contributed by atoms with Crippen LogP contribution in [0.4, 0.5) is 0 Å². The van der Waals surface area contributed by atoms with Crippen LogP contribution in [0.15, 0.2) is 40.2 Å². The van der Waals surface area contributed by atoms with E-state index in [2.05, 4.69) is 48.0 Å². The molecule has 1 heterocycles. The molecule has 0 saturated carbocycles. The van der Waals surface area contributed by atoms with Crippen molar-refractivity contribution in [2.45, 2.75) is 32.3 Å². The minimum absolute atomic E-state index is 0.420. The maximum Gasteiger partial charge on any atom is 0.0838 e. The Morgan fingerprint density at radius 1 is 1.17 bits per heavy atom. The third-order valence-corrected chi connectivity index (χ3v) is 4.72. The molecule has 18 heavy (non-hydrogen) atoms. The molecule has 0 aliphatic heterocycles. The second kappa shape index (κ2) is 6.00. The molecule has 1 aromatic carbocycles. The van der Waals surface area contributed by atoms with Gasteiger partial charge in [0, 0.05) is 21.2 Å². The number of hydrogen-bond acceptors (Lipinski definition) is 2. The van der Waals surface area contributed by atoms with Crippen molar-refractivity contribution in [1.82, 2.24) is 0 Å². The number of benzene rings is 1. The Morgan fingerprint density at radius 2 is 1.78 bits per heavy atom. The predicted octanol–water partition coefficient (Wildman–Crippen LogP) is 4.91. The number of rotatable bonds is 4. The maximum atomic E-state index is 10.2. The lowest BCUT2D eigenvalue weighted by Crippen LogP contribution is -2.00. The predicted molar refractivity (Wildman–Crippen MR) is 81.2 cm³/mol. The smallest absolute Gasteiger partial charge is 0.0838 e. The lowest BCUT2D eigenvalue weighted by molar-refractivity contribution is 0.179. The van der Waals surface area contributed by atoms with Gasteiger partial charge in [0.2, 0.25) is 0 Å². The lowest BCUT2D eigenvalue weighted by Gasteiger charge is -2.11. The fourth-order valence-corrected chi connectivity index (χ4v) is 3.36. The van der Waals surface area contributed by atoms with Crippen molar-refractivity contribution in [3.05, 3.63) is 56.2 Å². The molecule has 0 aliphatic rings. The van der Waals surface area contributed by atoms with E-state index in [1.54, 1.807) is 11.3 Å². The van der Waals surface area contributed by atoms with Crippen LogP contribution < -0.4 is 0 Å². The zero-order valence-electron chi connectivity index (χ0n) is 10.6. The minimum atomic E-state index is -0.420. The van der Waals surface area contributed by atoms with Crippen molar-refractivity contribution < 1.29 is 5.11 Å². The molecule has 0 fully saturated rings. The van der Waals surface area contributed by atoms with Crippen LogP contribution in [0.2, 0.25) is 0 Å². The van der Waals surface area contributed by atoms with E-state index in [1.165, 1.54) is 10.4 Å². The summed E-state index contributed by atoms with van der Waals surface area (Å²) in [5, 5.41) is 12.2. The number of thiophene rings is 1. The number of aliphatic hydroxyl groups excluding tert-OH is 1. The highest BCUT2D eigenvalue weighted by atomic mass is 79.9. The molecule has 1 aromatic heterocycles. The van der Waals surface area contributed by atoms with Gasteiger partial charge >= 0.3 is 0 Å². The third kappa shape index (κ3) is 3.44. The van der Waals surface area contributed by atoms with Crippen LogP contribution in [0.3, 0.4) is 0 Å². The average molecular weight is 325 g/mol. The van der Waals surface area contributed by atoms with E-state index in [4.69, 9.17) is 0 Å². The molecule has 1 N–H and O–H groups in total. The van der Waals surface area contributed by atoms with Gasteiger partial charge in [-0.1, -0.05) is 38.1 Å². The second-order valence-electron chi connectivity index (χ2n) is 4.77. The Hall–Kier alpha value is -0.640. The SMILES string of the molecule is CC(C)c1ccc(C(O)Cc2cc(Br)cs2)cc1. The molecular weight excluding hydrogens is 308 g/mol. The normalized spacial score (nSPS) is 12.9. The third-order valence-electron chi connectivity index (χ3n) is 3.00. The van der Waals surface area contributed by atoms with Gasteiger partial charge < -0.3 is 5.11 Å². The summed E-state index contributed by atoms with van der Waals surface area (Å²) in [5.41, 5.74) is 2.30. The molecule has 0 aliphatic carbocycles. The van der Waals surface area contributed by atoms with Crippen molar-refractivity contribution in [1.29, 1.82) is 0 Å². The number of hydrogen-bond donors (Lipinski definition) is 1. The van der Waals surface area contributed by atoms with E-state index >= 15 is 0 Å². The highest BCUT2D eigenvalue weighted by molar-refractivity contribution is 9.10. The van der Waals surface area contributed by atoms with Crippen molar-refractivity contribution in [3.63, 3.8) is 0 Å². The first-order valence-electron chi connectivity index (χ1n) is 6.07. The number of halogens is 1. The molecule has 1 nitrogen and oxygen atoms in total. The monoisotopic (exact) mass is 324 g/mol. The average Bonchev–Trinajstić information content (AvgIpc) is 2.75. The Kier molecular flexibility index (Phi) is 4.60. The minimum Gasteiger partial charge on any atom is -0.388 e. The first kappa shape index (κ1) is 13.8. The van der Waals surface area contributed by atoms with Crippen LogP contribution in [0.25, 0.3) is 0 Å². The van der Waals surface area contributed by atoms with E-state index in [0.29, 0.717) is 12.3 Å². The molecule has 2 aromatic rings. The summed E-state index contributed by atoms with van der Waals surface area (Å²) in [5.74, 6) is 0.532. The summed E-state index contributed by atoms with van der Waals surface area (Å²) in [7, 11) is 0. The van der Waals surface area contributed by atoms with Gasteiger partial charge in [0.1, 0.15) is 0 Å². The fourth-order valence-electron chi connectivity index (χ4n) is 1.87. The molecule has 0 spiro atoms. The van der Waals surface area contributed by atoms with Crippen molar-refractivity contribution in [2.24, 2.45) is 0 Å². The second-order valence-corrected chi connectivity index (χ2v) is 6.68. The van der Waals surface area contributed by atoms with E-state index in [0.717, 1.165) is 10.0 Å². The molecule has 2 rings (SSSR count). The Bertz CT molecular complexity index is 501. The van der Waals surface area contributed by atoms with Crippen LogP contribution in [0.1, 0.15) is 41.9 Å². The molecule has 0 saturated heterocycles. The first-order valence-corrected chi connectivity index (χ1v) is 7.74. The van der Waals surface area contributed by atoms with Gasteiger partial charge in [-0.2, -0.15) is 0 Å². The van der Waals surface area contributed by atoms with E-state index in [1.807, 2.05) is 17.5 Å². The molecular formula is C15H17BrOS. The Balaban J connectivity index is 2.06. The van der Waals surface area contributed by atoms with Gasteiger partial charge in [0.15, 0.2) is 0 Å². The van der Waals surface area contributed by atoms with Gasteiger partial charge in [-0.3, -0.25) is 0 Å². The summed E-state index contributed by atoms with van der Waals surface area (Å²) >= 11 is 5.11. The van der Waals surface area contributed by atoms with E-state index in [-0.39, 0.29) is 0 Å². The molecule has 1 unspecified atom stereocenters. The van der Waals surface area contributed by atoms with Gasteiger partial charge in [-0.05, 0) is 39.0 Å². The summed E-state index contributed by atoms with van der Waals surface area (Å²) in [6.45, 7) is 4.35. The van der Waals surface area contributed by atoms with Crippen LogP contribution in [0.5, 0.6) is 0 Å². The first-order chi connectivity index (χ1) is 8.56. The topological polar surface area (TPSA) is 20.2 Å². The maximum absolute atomic E-state index is 10.2. The van der Waals surface area contributed by atoms with E-state index < -0.39 is 6.10 Å². The highest BCUT2D eigenvalue weighted by Gasteiger charge is 2.10. The molecule has 0 radical (unpaired) electrons. The van der Waals surface area contributed by atoms with Crippen LogP contribution >= 0.6 is 27.3 Å².